The molecular formula is C26H30O2. The Hall–Kier alpha value is -2.74. The normalized spacial score (nSPS) is 11.3. The fourth-order valence-corrected chi connectivity index (χ4v) is 3.11. The lowest BCUT2D eigenvalue weighted by molar-refractivity contribution is 0.131. The van der Waals surface area contributed by atoms with Gasteiger partial charge in [-0.3, -0.25) is 0 Å². The Kier molecular flexibility index (Phi) is 6.08. The minimum atomic E-state index is -0.209. The van der Waals surface area contributed by atoms with E-state index in [2.05, 4.69) is 56.3 Å². The van der Waals surface area contributed by atoms with E-state index in [1.165, 1.54) is 22.3 Å². The first-order valence-corrected chi connectivity index (χ1v) is 10.0. The van der Waals surface area contributed by atoms with Crippen LogP contribution in [-0.4, -0.2) is 5.60 Å². The molecule has 0 saturated heterocycles. The van der Waals surface area contributed by atoms with Gasteiger partial charge >= 0.3 is 0 Å². The standard InChI is InChI=1S/C26H30O2/c1-6-7-21-12-13-22(20-10-8-19(2)9-11-20)18-25(21)27-23-14-16-24(17-15-23)28-26(3,4)5/h8-18H,6-7H2,1-5H3. The molecule has 2 nitrogen and oxygen atoms in total. The van der Waals surface area contributed by atoms with E-state index in [4.69, 9.17) is 9.47 Å². The van der Waals surface area contributed by atoms with E-state index in [1.54, 1.807) is 0 Å². The molecule has 0 amide bonds. The van der Waals surface area contributed by atoms with Crippen LogP contribution in [0.25, 0.3) is 11.1 Å². The van der Waals surface area contributed by atoms with Gasteiger partial charge in [0, 0.05) is 0 Å². The van der Waals surface area contributed by atoms with Crippen molar-refractivity contribution in [1.29, 1.82) is 0 Å². The summed E-state index contributed by atoms with van der Waals surface area (Å²) in [6, 6.07) is 23.0. The molecule has 0 N–H and O–H groups in total. The van der Waals surface area contributed by atoms with Gasteiger partial charge < -0.3 is 9.47 Å². The van der Waals surface area contributed by atoms with E-state index in [1.807, 2.05) is 45.0 Å². The van der Waals surface area contributed by atoms with Crippen molar-refractivity contribution in [2.75, 3.05) is 0 Å². The first kappa shape index (κ1) is 20.0. The average molecular weight is 375 g/mol. The van der Waals surface area contributed by atoms with Crippen LogP contribution in [0.3, 0.4) is 0 Å². The lowest BCUT2D eigenvalue weighted by atomic mass is 10.0. The number of ether oxygens (including phenoxy) is 2. The summed E-state index contributed by atoms with van der Waals surface area (Å²) in [6.45, 7) is 10.4. The smallest absolute Gasteiger partial charge is 0.131 e. The molecule has 0 fully saturated rings. The van der Waals surface area contributed by atoms with Crippen LogP contribution in [0.4, 0.5) is 0 Å². The molecule has 0 heterocycles. The maximum absolute atomic E-state index is 6.28. The van der Waals surface area contributed by atoms with Gasteiger partial charge in [-0.15, -0.1) is 0 Å². The van der Waals surface area contributed by atoms with Crippen molar-refractivity contribution in [3.05, 3.63) is 77.9 Å². The Morgan fingerprint density at radius 1 is 0.750 bits per heavy atom. The molecule has 0 aliphatic carbocycles. The van der Waals surface area contributed by atoms with Gasteiger partial charge in [0.1, 0.15) is 22.8 Å². The van der Waals surface area contributed by atoms with Crippen LogP contribution in [0.1, 0.15) is 45.2 Å². The van der Waals surface area contributed by atoms with Gasteiger partial charge in [0.05, 0.1) is 0 Å². The van der Waals surface area contributed by atoms with Crippen molar-refractivity contribution in [2.24, 2.45) is 0 Å². The second kappa shape index (κ2) is 8.52. The van der Waals surface area contributed by atoms with Crippen molar-refractivity contribution in [3.8, 4) is 28.4 Å². The fourth-order valence-electron chi connectivity index (χ4n) is 3.11. The number of rotatable bonds is 6. The molecule has 146 valence electrons. The largest absolute Gasteiger partial charge is 0.488 e. The van der Waals surface area contributed by atoms with Gasteiger partial charge in [-0.2, -0.15) is 0 Å². The third-order valence-electron chi connectivity index (χ3n) is 4.45. The molecule has 3 aromatic rings. The van der Waals surface area contributed by atoms with Crippen LogP contribution in [0, 0.1) is 6.92 Å². The summed E-state index contributed by atoms with van der Waals surface area (Å²) in [6.07, 6.45) is 2.08. The molecule has 0 radical (unpaired) electrons. The summed E-state index contributed by atoms with van der Waals surface area (Å²) in [5.74, 6) is 2.59. The Labute approximate surface area is 169 Å². The average Bonchev–Trinajstić information content (AvgIpc) is 2.64. The van der Waals surface area contributed by atoms with Crippen LogP contribution in [0.2, 0.25) is 0 Å². The minimum Gasteiger partial charge on any atom is -0.488 e. The Bertz CT molecular complexity index is 901. The molecule has 0 aliphatic heterocycles. The molecular weight excluding hydrogens is 344 g/mol. The van der Waals surface area contributed by atoms with Crippen LogP contribution >= 0.6 is 0 Å². The van der Waals surface area contributed by atoms with Crippen molar-refractivity contribution < 1.29 is 9.47 Å². The zero-order chi connectivity index (χ0) is 20.1. The molecule has 0 spiro atoms. The fraction of sp³-hybridized carbons (Fsp3) is 0.308. The van der Waals surface area contributed by atoms with E-state index in [0.29, 0.717) is 0 Å². The molecule has 0 aliphatic rings. The highest BCUT2D eigenvalue weighted by Gasteiger charge is 2.12. The Morgan fingerprint density at radius 3 is 1.96 bits per heavy atom. The summed E-state index contributed by atoms with van der Waals surface area (Å²) in [5, 5.41) is 0. The van der Waals surface area contributed by atoms with E-state index in [9.17, 15) is 0 Å². The molecule has 0 saturated carbocycles. The molecule has 2 heteroatoms. The summed E-state index contributed by atoms with van der Waals surface area (Å²) < 4.78 is 12.2. The van der Waals surface area contributed by atoms with E-state index in [0.717, 1.165) is 30.1 Å². The molecule has 0 bridgehead atoms. The Balaban J connectivity index is 1.86. The van der Waals surface area contributed by atoms with Gasteiger partial charge in [0.2, 0.25) is 0 Å². The highest BCUT2D eigenvalue weighted by atomic mass is 16.5. The number of aryl methyl sites for hydroxylation is 2. The molecule has 3 rings (SSSR count). The quantitative estimate of drug-likeness (QED) is 0.442. The molecule has 0 atom stereocenters. The monoisotopic (exact) mass is 374 g/mol. The van der Waals surface area contributed by atoms with E-state index >= 15 is 0 Å². The van der Waals surface area contributed by atoms with Gasteiger partial charge in [-0.1, -0.05) is 55.3 Å². The predicted octanol–water partition coefficient (Wildman–Crippen LogP) is 7.58. The van der Waals surface area contributed by atoms with Crippen molar-refractivity contribution in [1.82, 2.24) is 0 Å². The second-order valence-electron chi connectivity index (χ2n) is 8.23. The van der Waals surface area contributed by atoms with Gasteiger partial charge in [-0.25, -0.2) is 0 Å². The molecule has 3 aromatic carbocycles. The van der Waals surface area contributed by atoms with Gasteiger partial charge in [0.15, 0.2) is 0 Å². The SMILES string of the molecule is CCCc1ccc(-c2ccc(C)cc2)cc1Oc1ccc(OC(C)(C)C)cc1. The van der Waals surface area contributed by atoms with Crippen LogP contribution < -0.4 is 9.47 Å². The third kappa shape index (κ3) is 5.39. The van der Waals surface area contributed by atoms with E-state index < -0.39 is 0 Å². The maximum atomic E-state index is 6.28. The number of hydrogen-bond donors (Lipinski definition) is 0. The molecule has 0 aromatic heterocycles. The number of hydrogen-bond acceptors (Lipinski definition) is 2. The van der Waals surface area contributed by atoms with E-state index in [-0.39, 0.29) is 5.60 Å². The van der Waals surface area contributed by atoms with Crippen molar-refractivity contribution in [2.45, 2.75) is 53.1 Å². The van der Waals surface area contributed by atoms with Crippen LogP contribution in [-0.2, 0) is 6.42 Å². The molecule has 0 unspecified atom stereocenters. The second-order valence-corrected chi connectivity index (χ2v) is 8.23. The van der Waals surface area contributed by atoms with Crippen molar-refractivity contribution in [3.63, 3.8) is 0 Å². The predicted molar refractivity (Wildman–Crippen MR) is 118 cm³/mol. The highest BCUT2D eigenvalue weighted by Crippen LogP contribution is 2.33. The summed E-state index contributed by atoms with van der Waals surface area (Å²) in [5.41, 5.74) is 4.66. The molecule has 28 heavy (non-hydrogen) atoms. The lowest BCUT2D eigenvalue weighted by Crippen LogP contribution is -2.22. The minimum absolute atomic E-state index is 0.209. The lowest BCUT2D eigenvalue weighted by Gasteiger charge is -2.21. The summed E-state index contributed by atoms with van der Waals surface area (Å²) in [4.78, 5) is 0. The van der Waals surface area contributed by atoms with Gasteiger partial charge in [0.25, 0.3) is 0 Å². The first-order valence-electron chi connectivity index (χ1n) is 10.0. The zero-order valence-electron chi connectivity index (χ0n) is 17.6. The Morgan fingerprint density at radius 2 is 1.36 bits per heavy atom. The van der Waals surface area contributed by atoms with Crippen LogP contribution in [0.5, 0.6) is 17.2 Å². The third-order valence-corrected chi connectivity index (χ3v) is 4.45. The summed E-state index contributed by atoms with van der Waals surface area (Å²) >= 11 is 0. The highest BCUT2D eigenvalue weighted by molar-refractivity contribution is 5.66. The maximum Gasteiger partial charge on any atom is 0.131 e. The first-order chi connectivity index (χ1) is 13.3. The van der Waals surface area contributed by atoms with Crippen LogP contribution in [0.15, 0.2) is 66.7 Å². The van der Waals surface area contributed by atoms with Crippen molar-refractivity contribution >= 4 is 0 Å². The zero-order valence-corrected chi connectivity index (χ0v) is 17.6. The number of benzene rings is 3. The van der Waals surface area contributed by atoms with Gasteiger partial charge in [-0.05, 0) is 81.1 Å². The summed E-state index contributed by atoms with van der Waals surface area (Å²) in [7, 11) is 0. The topological polar surface area (TPSA) is 18.5 Å².